The van der Waals surface area contributed by atoms with Gasteiger partial charge in [0.05, 0.1) is 32.0 Å². The summed E-state index contributed by atoms with van der Waals surface area (Å²) in [6, 6.07) is 16.0. The fourth-order valence-corrected chi connectivity index (χ4v) is 3.98. The Morgan fingerprint density at radius 3 is 2.79 bits per heavy atom. The van der Waals surface area contributed by atoms with E-state index >= 15 is 0 Å². The van der Waals surface area contributed by atoms with Crippen molar-refractivity contribution in [2.45, 2.75) is 23.1 Å². The maximum Gasteiger partial charge on any atom is 0.311 e. The Bertz CT molecular complexity index is 971. The van der Waals surface area contributed by atoms with Gasteiger partial charge >= 0.3 is 5.97 Å². The summed E-state index contributed by atoms with van der Waals surface area (Å²) < 4.78 is 10.1. The number of benzene rings is 2. The largest absolute Gasteiger partial charge is 0.497 e. The lowest BCUT2D eigenvalue weighted by molar-refractivity contribution is -0.142. The summed E-state index contributed by atoms with van der Waals surface area (Å²) in [7, 11) is 1.66. The molecule has 8 heteroatoms. The van der Waals surface area contributed by atoms with Gasteiger partial charge in [-0.05, 0) is 37.3 Å². The number of hydrogen-bond donors (Lipinski definition) is 1. The number of hydrazone groups is 1. The predicted molar refractivity (Wildman–Crippen MR) is 117 cm³/mol. The van der Waals surface area contributed by atoms with Crippen LogP contribution in [0.15, 0.2) is 68.8 Å². The van der Waals surface area contributed by atoms with Crippen molar-refractivity contribution in [1.82, 2.24) is 4.98 Å². The Balaban J connectivity index is 1.62. The third kappa shape index (κ3) is 6.33. The zero-order valence-corrected chi connectivity index (χ0v) is 17.8. The van der Waals surface area contributed by atoms with Gasteiger partial charge in [-0.2, -0.15) is 5.10 Å². The zero-order chi connectivity index (χ0) is 20.5. The molecule has 1 N–H and O–H groups in total. The van der Waals surface area contributed by atoms with Gasteiger partial charge in [0.15, 0.2) is 0 Å². The summed E-state index contributed by atoms with van der Waals surface area (Å²) >= 11 is 3.05. The number of thiazole rings is 1. The first-order chi connectivity index (χ1) is 14.2. The van der Waals surface area contributed by atoms with Crippen LogP contribution in [0.2, 0.25) is 0 Å². The Hall–Kier alpha value is -2.84. The molecule has 0 radical (unpaired) electrons. The van der Waals surface area contributed by atoms with Crippen LogP contribution in [0.3, 0.4) is 0 Å². The molecule has 0 aliphatic heterocycles. The molecule has 0 bridgehead atoms. The van der Waals surface area contributed by atoms with Gasteiger partial charge in [-0.25, -0.2) is 4.98 Å². The standard InChI is InChI=1S/C21H21N3O3S2/c1-3-27-20(25)12-16-14-28-21(23-16)24-22-13-15-6-4-5-7-19(15)29-18-10-8-17(26-2)9-11-18/h4-11,13-14H,3,12H2,1-2H3,(H,23,24). The summed E-state index contributed by atoms with van der Waals surface area (Å²) in [5, 5.41) is 6.74. The Morgan fingerprint density at radius 1 is 1.24 bits per heavy atom. The van der Waals surface area contributed by atoms with Gasteiger partial charge in [-0.3, -0.25) is 10.2 Å². The number of nitrogens with zero attached hydrogens (tertiary/aromatic N) is 2. The molecule has 2 aromatic carbocycles. The van der Waals surface area contributed by atoms with E-state index in [4.69, 9.17) is 9.47 Å². The number of esters is 1. The molecule has 0 saturated carbocycles. The van der Waals surface area contributed by atoms with Crippen LogP contribution in [0.4, 0.5) is 5.13 Å². The summed E-state index contributed by atoms with van der Waals surface area (Å²) in [6.07, 6.45) is 1.93. The van der Waals surface area contributed by atoms with Crippen LogP contribution in [0, 0.1) is 0 Å². The third-order valence-corrected chi connectivity index (χ3v) is 5.65. The SMILES string of the molecule is CCOC(=O)Cc1csc(NN=Cc2ccccc2Sc2ccc(OC)cc2)n1. The van der Waals surface area contributed by atoms with E-state index in [1.54, 1.807) is 32.0 Å². The Labute approximate surface area is 178 Å². The molecule has 0 atom stereocenters. The first kappa shape index (κ1) is 20.9. The average molecular weight is 428 g/mol. The minimum absolute atomic E-state index is 0.164. The molecule has 3 aromatic rings. The van der Waals surface area contributed by atoms with Gasteiger partial charge in [0.1, 0.15) is 5.75 Å². The molecular formula is C21H21N3O3S2. The van der Waals surface area contributed by atoms with Crippen LogP contribution >= 0.6 is 23.1 Å². The molecule has 1 heterocycles. The van der Waals surface area contributed by atoms with Crippen LogP contribution in [0.25, 0.3) is 0 Å². The normalized spacial score (nSPS) is 10.8. The lowest BCUT2D eigenvalue weighted by atomic mass is 10.2. The second-order valence-electron chi connectivity index (χ2n) is 5.81. The van der Waals surface area contributed by atoms with Crippen molar-refractivity contribution in [3.8, 4) is 5.75 Å². The summed E-state index contributed by atoms with van der Waals surface area (Å²) in [5.41, 5.74) is 4.58. The smallest absolute Gasteiger partial charge is 0.311 e. The fourth-order valence-electron chi connectivity index (χ4n) is 2.41. The minimum Gasteiger partial charge on any atom is -0.497 e. The van der Waals surface area contributed by atoms with Gasteiger partial charge in [0.2, 0.25) is 5.13 Å². The minimum atomic E-state index is -0.280. The van der Waals surface area contributed by atoms with Crippen molar-refractivity contribution in [3.05, 3.63) is 65.2 Å². The highest BCUT2D eigenvalue weighted by atomic mass is 32.2. The molecule has 0 aliphatic carbocycles. The molecule has 0 unspecified atom stereocenters. The van der Waals surface area contributed by atoms with Crippen molar-refractivity contribution in [2.75, 3.05) is 19.1 Å². The topological polar surface area (TPSA) is 72.8 Å². The first-order valence-corrected chi connectivity index (χ1v) is 10.7. The number of rotatable bonds is 9. The fraction of sp³-hybridized carbons (Fsp3) is 0.190. The molecule has 150 valence electrons. The van der Waals surface area contributed by atoms with Gasteiger partial charge < -0.3 is 9.47 Å². The Kier molecular flexibility index (Phi) is 7.66. The summed E-state index contributed by atoms with van der Waals surface area (Å²) in [5.74, 6) is 0.552. The van der Waals surface area contributed by atoms with E-state index in [1.165, 1.54) is 11.3 Å². The maximum absolute atomic E-state index is 11.5. The second kappa shape index (κ2) is 10.6. The van der Waals surface area contributed by atoms with Crippen LogP contribution in [-0.2, 0) is 16.0 Å². The molecule has 1 aromatic heterocycles. The van der Waals surface area contributed by atoms with E-state index in [2.05, 4.69) is 21.6 Å². The lowest BCUT2D eigenvalue weighted by Gasteiger charge is -2.06. The van der Waals surface area contributed by atoms with Gasteiger partial charge in [-0.1, -0.05) is 30.0 Å². The maximum atomic E-state index is 11.5. The number of carbonyl (C=O) groups excluding carboxylic acids is 1. The van der Waals surface area contributed by atoms with Crippen LogP contribution < -0.4 is 10.2 Å². The first-order valence-electron chi connectivity index (χ1n) is 8.98. The molecule has 0 saturated heterocycles. The quantitative estimate of drug-likeness (QED) is 0.299. The van der Waals surface area contributed by atoms with Crippen LogP contribution in [0.5, 0.6) is 5.75 Å². The summed E-state index contributed by atoms with van der Waals surface area (Å²) in [6.45, 7) is 2.15. The number of ether oxygens (including phenoxy) is 2. The van der Waals surface area contributed by atoms with E-state index in [9.17, 15) is 4.79 Å². The third-order valence-electron chi connectivity index (χ3n) is 3.75. The monoisotopic (exact) mass is 427 g/mol. The van der Waals surface area contributed by atoms with Crippen LogP contribution in [-0.4, -0.2) is 30.9 Å². The van der Waals surface area contributed by atoms with E-state index in [-0.39, 0.29) is 12.4 Å². The highest BCUT2D eigenvalue weighted by Gasteiger charge is 2.08. The molecule has 0 spiro atoms. The van der Waals surface area contributed by atoms with Crippen molar-refractivity contribution in [3.63, 3.8) is 0 Å². The van der Waals surface area contributed by atoms with E-state index in [0.717, 1.165) is 21.1 Å². The van der Waals surface area contributed by atoms with Gasteiger partial charge in [0.25, 0.3) is 0 Å². The highest BCUT2D eigenvalue weighted by molar-refractivity contribution is 7.99. The van der Waals surface area contributed by atoms with Gasteiger partial charge in [0, 0.05) is 20.7 Å². The molecule has 6 nitrogen and oxygen atoms in total. The number of hydrogen-bond acceptors (Lipinski definition) is 8. The van der Waals surface area contributed by atoms with E-state index in [1.807, 2.05) is 47.8 Å². The number of anilines is 1. The van der Waals surface area contributed by atoms with Crippen molar-refractivity contribution in [1.29, 1.82) is 0 Å². The van der Waals surface area contributed by atoms with Gasteiger partial charge in [-0.15, -0.1) is 11.3 Å². The molecule has 0 fully saturated rings. The average Bonchev–Trinajstić information content (AvgIpc) is 3.17. The highest BCUT2D eigenvalue weighted by Crippen LogP contribution is 2.31. The molecule has 29 heavy (non-hydrogen) atoms. The number of methoxy groups -OCH3 is 1. The Morgan fingerprint density at radius 2 is 2.03 bits per heavy atom. The predicted octanol–water partition coefficient (Wildman–Crippen LogP) is 4.85. The number of aromatic nitrogens is 1. The number of carbonyl (C=O) groups is 1. The number of nitrogens with one attached hydrogen (secondary N) is 1. The molecule has 0 aliphatic rings. The zero-order valence-electron chi connectivity index (χ0n) is 16.1. The van der Waals surface area contributed by atoms with Crippen LogP contribution in [0.1, 0.15) is 18.2 Å². The van der Waals surface area contributed by atoms with Crippen molar-refractivity contribution < 1.29 is 14.3 Å². The molecule has 3 rings (SSSR count). The van der Waals surface area contributed by atoms with E-state index in [0.29, 0.717) is 17.4 Å². The molecule has 0 amide bonds. The van der Waals surface area contributed by atoms with E-state index < -0.39 is 0 Å². The molecular weight excluding hydrogens is 406 g/mol. The van der Waals surface area contributed by atoms with Crippen molar-refractivity contribution >= 4 is 40.4 Å². The lowest BCUT2D eigenvalue weighted by Crippen LogP contribution is -2.07. The summed E-state index contributed by atoms with van der Waals surface area (Å²) in [4.78, 5) is 18.1. The van der Waals surface area contributed by atoms with Crippen molar-refractivity contribution in [2.24, 2.45) is 5.10 Å². The second-order valence-corrected chi connectivity index (χ2v) is 7.78.